The first-order valence-electron chi connectivity index (χ1n) is 5.37. The molecular weight excluding hydrogens is 314 g/mol. The van der Waals surface area contributed by atoms with Gasteiger partial charge in [0.25, 0.3) is 0 Å². The third-order valence-electron chi connectivity index (χ3n) is 2.71. The molecule has 0 spiro atoms. The summed E-state index contributed by atoms with van der Waals surface area (Å²) in [5.41, 5.74) is -0.0645. The lowest BCUT2D eigenvalue weighted by molar-refractivity contribution is -0.122. The van der Waals surface area contributed by atoms with Crippen LogP contribution in [0.15, 0.2) is 6.07 Å². The fourth-order valence-corrected chi connectivity index (χ4v) is 2.38. The summed E-state index contributed by atoms with van der Waals surface area (Å²) in [4.78, 5) is 22.9. The van der Waals surface area contributed by atoms with E-state index >= 15 is 0 Å². The van der Waals surface area contributed by atoms with Gasteiger partial charge >= 0.3 is 0 Å². The van der Waals surface area contributed by atoms with Crippen LogP contribution in [0.3, 0.4) is 0 Å². The molecule has 1 saturated heterocycles. The highest BCUT2D eigenvalue weighted by Gasteiger charge is 2.28. The van der Waals surface area contributed by atoms with E-state index in [-0.39, 0.29) is 38.8 Å². The zero-order valence-electron chi connectivity index (χ0n) is 9.47. The van der Waals surface area contributed by atoms with E-state index in [1.165, 1.54) is 6.07 Å². The van der Waals surface area contributed by atoms with Crippen molar-refractivity contribution in [1.29, 1.82) is 0 Å². The first-order valence-corrected chi connectivity index (χ1v) is 6.50. The Morgan fingerprint density at radius 3 is 2.63 bits per heavy atom. The SMILES string of the molecule is O=C1CCC(C(=O)Nc2c(O)c(Cl)cc(Cl)c2Cl)N1. The van der Waals surface area contributed by atoms with Gasteiger partial charge in [0.2, 0.25) is 11.8 Å². The first-order chi connectivity index (χ1) is 8.90. The summed E-state index contributed by atoms with van der Waals surface area (Å²) in [6.07, 6.45) is 0.672. The quantitative estimate of drug-likeness (QED) is 0.578. The van der Waals surface area contributed by atoms with Gasteiger partial charge in [0.05, 0.1) is 15.1 Å². The molecule has 1 aliphatic heterocycles. The van der Waals surface area contributed by atoms with Crippen molar-refractivity contribution in [3.05, 3.63) is 21.1 Å². The number of hydrogen-bond acceptors (Lipinski definition) is 3. The summed E-state index contributed by atoms with van der Waals surface area (Å²) < 4.78 is 0. The minimum Gasteiger partial charge on any atom is -0.504 e. The second-order valence-electron chi connectivity index (χ2n) is 4.03. The van der Waals surface area contributed by atoms with E-state index in [0.717, 1.165) is 0 Å². The van der Waals surface area contributed by atoms with Gasteiger partial charge in [-0.05, 0) is 12.5 Å². The standard InChI is InChI=1S/C11H9Cl3N2O3/c12-4-3-5(13)10(18)9(8(4)14)16-11(19)6-1-2-7(17)15-6/h3,6,18H,1-2H2,(H,15,17)(H,16,19). The van der Waals surface area contributed by atoms with E-state index in [0.29, 0.717) is 6.42 Å². The lowest BCUT2D eigenvalue weighted by Crippen LogP contribution is -2.37. The number of phenolic OH excluding ortho intramolecular Hbond substituents is 1. The lowest BCUT2D eigenvalue weighted by Gasteiger charge is -2.14. The van der Waals surface area contributed by atoms with Crippen LogP contribution in [0.4, 0.5) is 5.69 Å². The van der Waals surface area contributed by atoms with Crippen LogP contribution >= 0.6 is 34.8 Å². The third-order valence-corrected chi connectivity index (χ3v) is 3.78. The first kappa shape index (κ1) is 14.2. The normalized spacial score (nSPS) is 18.3. The van der Waals surface area contributed by atoms with Crippen LogP contribution < -0.4 is 10.6 Å². The molecule has 2 rings (SSSR count). The Morgan fingerprint density at radius 1 is 1.37 bits per heavy atom. The average Bonchev–Trinajstić information content (AvgIpc) is 2.79. The smallest absolute Gasteiger partial charge is 0.247 e. The molecule has 1 aromatic rings. The maximum absolute atomic E-state index is 11.9. The maximum atomic E-state index is 11.9. The van der Waals surface area contributed by atoms with Crippen molar-refractivity contribution in [2.45, 2.75) is 18.9 Å². The van der Waals surface area contributed by atoms with E-state index in [9.17, 15) is 14.7 Å². The van der Waals surface area contributed by atoms with Crippen molar-refractivity contribution in [2.24, 2.45) is 0 Å². The predicted octanol–water partition coefficient (Wildman–Crippen LogP) is 2.57. The number of carbonyl (C=O) groups is 2. The van der Waals surface area contributed by atoms with Crippen molar-refractivity contribution in [1.82, 2.24) is 5.32 Å². The number of rotatable bonds is 2. The second-order valence-corrected chi connectivity index (χ2v) is 5.22. The number of hydrogen-bond donors (Lipinski definition) is 3. The van der Waals surface area contributed by atoms with Gasteiger partial charge < -0.3 is 15.7 Å². The molecule has 1 atom stereocenters. The molecule has 0 bridgehead atoms. The summed E-state index contributed by atoms with van der Waals surface area (Å²) in [5, 5.41) is 14.8. The van der Waals surface area contributed by atoms with E-state index in [2.05, 4.69) is 10.6 Å². The molecule has 5 nitrogen and oxygen atoms in total. The summed E-state index contributed by atoms with van der Waals surface area (Å²) >= 11 is 17.4. The fraction of sp³-hybridized carbons (Fsp3) is 0.273. The van der Waals surface area contributed by atoms with Gasteiger partial charge in [0, 0.05) is 6.42 Å². The van der Waals surface area contributed by atoms with Crippen LogP contribution in [0.2, 0.25) is 15.1 Å². The van der Waals surface area contributed by atoms with Gasteiger partial charge in [-0.2, -0.15) is 0 Å². The van der Waals surface area contributed by atoms with Gasteiger partial charge in [0.15, 0.2) is 5.75 Å². The monoisotopic (exact) mass is 322 g/mol. The summed E-state index contributed by atoms with van der Waals surface area (Å²) in [7, 11) is 0. The molecule has 1 unspecified atom stereocenters. The summed E-state index contributed by atoms with van der Waals surface area (Å²) in [5.74, 6) is -1.05. The highest BCUT2D eigenvalue weighted by Crippen LogP contribution is 2.42. The Kier molecular flexibility index (Phi) is 4.08. The molecule has 19 heavy (non-hydrogen) atoms. The van der Waals surface area contributed by atoms with Gasteiger partial charge in [-0.3, -0.25) is 9.59 Å². The number of anilines is 1. The third kappa shape index (κ3) is 2.88. The number of phenols is 1. The maximum Gasteiger partial charge on any atom is 0.247 e. The molecule has 1 aromatic carbocycles. The molecule has 0 aromatic heterocycles. The molecule has 1 aliphatic rings. The van der Waals surface area contributed by atoms with Crippen LogP contribution in [-0.2, 0) is 9.59 Å². The predicted molar refractivity (Wildman–Crippen MR) is 72.9 cm³/mol. The molecule has 0 saturated carbocycles. The number of amides is 2. The molecule has 2 amide bonds. The Hall–Kier alpha value is -1.17. The molecule has 0 radical (unpaired) electrons. The van der Waals surface area contributed by atoms with Gasteiger partial charge in [0.1, 0.15) is 11.7 Å². The molecule has 1 heterocycles. The summed E-state index contributed by atoms with van der Waals surface area (Å²) in [6, 6.07) is 0.619. The van der Waals surface area contributed by atoms with Crippen LogP contribution in [0, 0.1) is 0 Å². The Morgan fingerprint density at radius 2 is 2.05 bits per heavy atom. The highest BCUT2D eigenvalue weighted by molar-refractivity contribution is 6.46. The second kappa shape index (κ2) is 5.45. The lowest BCUT2D eigenvalue weighted by atomic mass is 10.2. The molecule has 3 N–H and O–H groups in total. The summed E-state index contributed by atoms with van der Waals surface area (Å²) in [6.45, 7) is 0. The van der Waals surface area contributed by atoms with Gasteiger partial charge in [-0.1, -0.05) is 34.8 Å². The van der Waals surface area contributed by atoms with Crippen LogP contribution in [0.1, 0.15) is 12.8 Å². The largest absolute Gasteiger partial charge is 0.504 e. The van der Waals surface area contributed by atoms with Gasteiger partial charge in [-0.25, -0.2) is 0 Å². The molecule has 1 fully saturated rings. The zero-order valence-corrected chi connectivity index (χ0v) is 11.7. The van der Waals surface area contributed by atoms with Crippen molar-refractivity contribution >= 4 is 52.3 Å². The van der Waals surface area contributed by atoms with Crippen molar-refractivity contribution in [3.63, 3.8) is 0 Å². The fourth-order valence-electron chi connectivity index (χ4n) is 1.72. The minimum absolute atomic E-state index is 0.0127. The topological polar surface area (TPSA) is 78.4 Å². The Balaban J connectivity index is 2.24. The zero-order chi connectivity index (χ0) is 14.2. The van der Waals surface area contributed by atoms with Crippen molar-refractivity contribution in [2.75, 3.05) is 5.32 Å². The van der Waals surface area contributed by atoms with Crippen LogP contribution in [-0.4, -0.2) is 23.0 Å². The molecule has 102 valence electrons. The van der Waals surface area contributed by atoms with Crippen molar-refractivity contribution < 1.29 is 14.7 Å². The van der Waals surface area contributed by atoms with E-state index < -0.39 is 11.9 Å². The highest BCUT2D eigenvalue weighted by atomic mass is 35.5. The Bertz CT molecular complexity index is 536. The average molecular weight is 324 g/mol. The van der Waals surface area contributed by atoms with Crippen LogP contribution in [0.5, 0.6) is 5.75 Å². The molecular formula is C11H9Cl3N2O3. The van der Waals surface area contributed by atoms with E-state index in [1.807, 2.05) is 0 Å². The number of carbonyl (C=O) groups excluding carboxylic acids is 2. The minimum atomic E-state index is -0.652. The van der Waals surface area contributed by atoms with E-state index in [1.54, 1.807) is 0 Å². The van der Waals surface area contributed by atoms with Crippen LogP contribution in [0.25, 0.3) is 0 Å². The number of nitrogens with one attached hydrogen (secondary N) is 2. The molecule has 8 heteroatoms. The Labute approximate surface area is 123 Å². The van der Waals surface area contributed by atoms with Crippen molar-refractivity contribution in [3.8, 4) is 5.75 Å². The number of aromatic hydroxyl groups is 1. The van der Waals surface area contributed by atoms with E-state index in [4.69, 9.17) is 34.8 Å². The molecule has 0 aliphatic carbocycles. The number of benzene rings is 1. The number of halogens is 3. The van der Waals surface area contributed by atoms with Gasteiger partial charge in [-0.15, -0.1) is 0 Å².